The highest BCUT2D eigenvalue weighted by atomic mass is 16.4. The predicted molar refractivity (Wildman–Crippen MR) is 59.4 cm³/mol. The molecule has 0 amide bonds. The molecule has 1 heterocycles. The number of aromatic nitrogens is 2. The summed E-state index contributed by atoms with van der Waals surface area (Å²) in [6, 6.07) is 9.96. The third-order valence-electron chi connectivity index (χ3n) is 2.55. The average Bonchev–Trinajstić information content (AvgIpc) is 2.78. The molecule has 0 aliphatic rings. The van der Waals surface area contributed by atoms with E-state index in [2.05, 4.69) is 4.98 Å². The van der Waals surface area contributed by atoms with Crippen LogP contribution in [0.4, 0.5) is 0 Å². The molecule has 0 fully saturated rings. The van der Waals surface area contributed by atoms with Crippen molar-refractivity contribution >= 4 is 5.97 Å². The van der Waals surface area contributed by atoms with Crippen molar-refractivity contribution in [3.05, 3.63) is 54.1 Å². The Morgan fingerprint density at radius 1 is 1.38 bits per heavy atom. The molecular weight excluding hydrogens is 204 g/mol. The van der Waals surface area contributed by atoms with Gasteiger partial charge in [0.25, 0.3) is 0 Å². The summed E-state index contributed by atoms with van der Waals surface area (Å²) >= 11 is 0. The van der Waals surface area contributed by atoms with E-state index in [4.69, 9.17) is 5.11 Å². The number of nitrogens with zero attached hydrogens (tertiary/aromatic N) is 2. The Hall–Kier alpha value is -2.10. The van der Waals surface area contributed by atoms with Gasteiger partial charge < -0.3 is 9.67 Å². The first-order chi connectivity index (χ1) is 7.68. The smallest absolute Gasteiger partial charge is 0.356 e. The summed E-state index contributed by atoms with van der Waals surface area (Å²) in [6.07, 6.45) is 3.08. The molecule has 2 rings (SSSR count). The lowest BCUT2D eigenvalue weighted by Gasteiger charge is -2.12. The number of aromatic carboxylic acids is 1. The number of imidazole rings is 1. The number of carboxylic acid groups (broad SMARTS) is 1. The van der Waals surface area contributed by atoms with E-state index in [-0.39, 0.29) is 11.7 Å². The maximum atomic E-state index is 10.7. The van der Waals surface area contributed by atoms with Crippen LogP contribution in [0, 0.1) is 0 Å². The van der Waals surface area contributed by atoms with E-state index in [1.54, 1.807) is 17.1 Å². The Labute approximate surface area is 93.2 Å². The van der Waals surface area contributed by atoms with Crippen molar-refractivity contribution in [2.75, 3.05) is 0 Å². The fourth-order valence-electron chi connectivity index (χ4n) is 1.56. The van der Waals surface area contributed by atoms with E-state index in [1.807, 2.05) is 37.3 Å². The number of carbonyl (C=O) groups is 1. The normalized spacial score (nSPS) is 12.3. The van der Waals surface area contributed by atoms with Crippen molar-refractivity contribution in [2.24, 2.45) is 0 Å². The lowest BCUT2D eigenvalue weighted by molar-refractivity contribution is 0.0691. The van der Waals surface area contributed by atoms with Crippen LogP contribution >= 0.6 is 0 Å². The van der Waals surface area contributed by atoms with Crippen molar-refractivity contribution in [3.8, 4) is 0 Å². The molecule has 0 radical (unpaired) electrons. The van der Waals surface area contributed by atoms with Crippen LogP contribution in [-0.2, 0) is 0 Å². The van der Waals surface area contributed by atoms with E-state index in [9.17, 15) is 4.79 Å². The van der Waals surface area contributed by atoms with Crippen molar-refractivity contribution in [2.45, 2.75) is 13.0 Å². The Kier molecular flexibility index (Phi) is 2.72. The maximum absolute atomic E-state index is 10.7. The highest BCUT2D eigenvalue weighted by Gasteiger charge is 2.11. The van der Waals surface area contributed by atoms with Gasteiger partial charge in [-0.25, -0.2) is 9.78 Å². The first-order valence-corrected chi connectivity index (χ1v) is 5.00. The first kappa shape index (κ1) is 10.4. The minimum atomic E-state index is -1.00. The van der Waals surface area contributed by atoms with Gasteiger partial charge in [-0.05, 0) is 12.5 Å². The van der Waals surface area contributed by atoms with Crippen molar-refractivity contribution < 1.29 is 9.90 Å². The van der Waals surface area contributed by atoms with Gasteiger partial charge in [-0.2, -0.15) is 0 Å². The van der Waals surface area contributed by atoms with Gasteiger partial charge in [0.2, 0.25) is 0 Å². The third-order valence-corrected chi connectivity index (χ3v) is 2.55. The van der Waals surface area contributed by atoms with Gasteiger partial charge in [0.1, 0.15) is 0 Å². The number of rotatable bonds is 3. The van der Waals surface area contributed by atoms with E-state index < -0.39 is 5.97 Å². The predicted octanol–water partition coefficient (Wildman–Crippen LogP) is 2.19. The van der Waals surface area contributed by atoms with Crippen molar-refractivity contribution in [3.63, 3.8) is 0 Å². The molecule has 4 nitrogen and oxygen atoms in total. The highest BCUT2D eigenvalue weighted by Crippen LogP contribution is 2.17. The van der Waals surface area contributed by atoms with Crippen LogP contribution in [0.5, 0.6) is 0 Å². The second-order valence-electron chi connectivity index (χ2n) is 3.60. The molecule has 16 heavy (non-hydrogen) atoms. The summed E-state index contributed by atoms with van der Waals surface area (Å²) in [5.41, 5.74) is 1.19. The largest absolute Gasteiger partial charge is 0.476 e. The van der Waals surface area contributed by atoms with E-state index in [0.29, 0.717) is 0 Å². The van der Waals surface area contributed by atoms with Crippen molar-refractivity contribution in [1.29, 1.82) is 0 Å². The monoisotopic (exact) mass is 216 g/mol. The number of benzene rings is 1. The molecule has 1 aromatic carbocycles. The Balaban J connectivity index is 2.27. The minimum Gasteiger partial charge on any atom is -0.476 e. The van der Waals surface area contributed by atoms with Crippen LogP contribution in [0.25, 0.3) is 0 Å². The molecular formula is C12H12N2O2. The van der Waals surface area contributed by atoms with Gasteiger partial charge in [0.05, 0.1) is 12.4 Å². The molecule has 0 aliphatic heterocycles. The topological polar surface area (TPSA) is 55.1 Å². The molecule has 1 aromatic heterocycles. The lowest BCUT2D eigenvalue weighted by Crippen LogP contribution is -2.04. The van der Waals surface area contributed by atoms with Gasteiger partial charge >= 0.3 is 5.97 Å². The summed E-state index contributed by atoms with van der Waals surface area (Å²) < 4.78 is 1.79. The third kappa shape index (κ3) is 1.95. The zero-order valence-electron chi connectivity index (χ0n) is 8.87. The molecule has 2 aromatic rings. The molecule has 1 atom stereocenters. The zero-order chi connectivity index (χ0) is 11.5. The Bertz CT molecular complexity index is 491. The second kappa shape index (κ2) is 4.18. The van der Waals surface area contributed by atoms with Crippen LogP contribution in [0.1, 0.15) is 29.0 Å². The molecule has 0 bridgehead atoms. The van der Waals surface area contributed by atoms with Gasteiger partial charge in [0, 0.05) is 6.20 Å². The van der Waals surface area contributed by atoms with Gasteiger partial charge in [-0.3, -0.25) is 0 Å². The molecule has 0 saturated heterocycles. The van der Waals surface area contributed by atoms with Crippen LogP contribution < -0.4 is 0 Å². The van der Waals surface area contributed by atoms with Crippen molar-refractivity contribution in [1.82, 2.24) is 9.55 Å². The lowest BCUT2D eigenvalue weighted by atomic mass is 10.1. The second-order valence-corrected chi connectivity index (χ2v) is 3.60. The molecule has 0 saturated carbocycles. The Morgan fingerprint density at radius 2 is 2.06 bits per heavy atom. The summed E-state index contributed by atoms with van der Waals surface area (Å²) in [7, 11) is 0. The van der Waals surface area contributed by atoms with Crippen LogP contribution in [-0.4, -0.2) is 20.6 Å². The first-order valence-electron chi connectivity index (χ1n) is 5.00. The molecule has 0 spiro atoms. The fraction of sp³-hybridized carbons (Fsp3) is 0.167. The molecule has 82 valence electrons. The van der Waals surface area contributed by atoms with Crippen LogP contribution in [0.3, 0.4) is 0 Å². The fourth-order valence-corrected chi connectivity index (χ4v) is 1.56. The summed E-state index contributed by atoms with van der Waals surface area (Å²) in [5, 5.41) is 8.77. The number of hydrogen-bond donors (Lipinski definition) is 1. The van der Waals surface area contributed by atoms with Gasteiger partial charge in [-0.1, -0.05) is 30.3 Å². The SMILES string of the molecule is C[C@H](c1ccccc1)n1cnc(C(=O)O)c1. The van der Waals surface area contributed by atoms with E-state index in [1.165, 1.54) is 0 Å². The molecule has 0 unspecified atom stereocenters. The number of hydrogen-bond acceptors (Lipinski definition) is 2. The molecule has 4 heteroatoms. The quantitative estimate of drug-likeness (QED) is 0.855. The van der Waals surface area contributed by atoms with E-state index in [0.717, 1.165) is 5.56 Å². The molecule has 0 aliphatic carbocycles. The summed E-state index contributed by atoms with van der Waals surface area (Å²) in [5.74, 6) is -1.00. The standard InChI is InChI=1S/C12H12N2O2/c1-9(10-5-3-2-4-6-10)14-7-11(12(15)16)13-8-14/h2-9H,1H3,(H,15,16)/t9-/m1/s1. The summed E-state index contributed by atoms with van der Waals surface area (Å²) in [4.78, 5) is 14.5. The maximum Gasteiger partial charge on any atom is 0.356 e. The van der Waals surface area contributed by atoms with Crippen LogP contribution in [0.15, 0.2) is 42.9 Å². The summed E-state index contributed by atoms with van der Waals surface area (Å²) in [6.45, 7) is 2.00. The zero-order valence-corrected chi connectivity index (χ0v) is 8.87. The van der Waals surface area contributed by atoms with Gasteiger partial charge in [-0.15, -0.1) is 0 Å². The highest BCUT2D eigenvalue weighted by molar-refractivity contribution is 5.84. The number of carboxylic acids is 1. The average molecular weight is 216 g/mol. The van der Waals surface area contributed by atoms with Crippen LogP contribution in [0.2, 0.25) is 0 Å². The minimum absolute atomic E-state index is 0.0720. The molecule has 1 N–H and O–H groups in total. The van der Waals surface area contributed by atoms with E-state index >= 15 is 0 Å². The van der Waals surface area contributed by atoms with Gasteiger partial charge in [0.15, 0.2) is 5.69 Å². The Morgan fingerprint density at radius 3 is 2.62 bits per heavy atom.